The Balaban J connectivity index is 1.65. The molecule has 1 N–H and O–H groups in total. The first-order chi connectivity index (χ1) is 14.4. The molecule has 4 rings (SSSR count). The van der Waals surface area contributed by atoms with Gasteiger partial charge in [0.05, 0.1) is 11.2 Å². The van der Waals surface area contributed by atoms with Crippen LogP contribution in [0.5, 0.6) is 5.75 Å². The topological polar surface area (TPSA) is 85.4 Å². The van der Waals surface area contributed by atoms with Gasteiger partial charge in [0, 0.05) is 50.4 Å². The minimum atomic E-state index is -0.354. The fourth-order valence-corrected chi connectivity index (χ4v) is 4.21. The number of aromatic nitrogens is 2. The van der Waals surface area contributed by atoms with Crippen LogP contribution in [-0.4, -0.2) is 45.7 Å². The van der Waals surface area contributed by atoms with Crippen LogP contribution in [0, 0.1) is 11.3 Å². The third-order valence-electron chi connectivity index (χ3n) is 5.46. The van der Waals surface area contributed by atoms with Gasteiger partial charge in [0.2, 0.25) is 0 Å². The summed E-state index contributed by atoms with van der Waals surface area (Å²) in [6.45, 7) is 3.05. The minimum absolute atomic E-state index is 0.0666. The number of phenolic OH excluding ortho intramolecular Hbond substituents is 1. The van der Waals surface area contributed by atoms with Gasteiger partial charge in [-0.25, -0.2) is 4.98 Å². The molecule has 0 atom stereocenters. The number of pyridine rings is 2. The van der Waals surface area contributed by atoms with Gasteiger partial charge in [-0.05, 0) is 24.3 Å². The summed E-state index contributed by atoms with van der Waals surface area (Å²) < 4.78 is 1.43. The molecule has 2 aromatic heterocycles. The lowest BCUT2D eigenvalue weighted by Crippen LogP contribution is -2.47. The molecule has 3 aromatic rings. The summed E-state index contributed by atoms with van der Waals surface area (Å²) in [5.74, 6) is 0.174. The van der Waals surface area contributed by atoms with E-state index in [0.29, 0.717) is 65.2 Å². The zero-order valence-corrected chi connectivity index (χ0v) is 17.8. The third kappa shape index (κ3) is 3.58. The SMILES string of the molecule is Cn1c(=O)c(C#N)c(N2CCN(Cc3c(O)cccc3Cl)CC2)c2nc(Cl)ccc21. The molecule has 1 fully saturated rings. The fraction of sp³-hybridized carbons (Fsp3) is 0.286. The standard InChI is InChI=1S/C21H19Cl2N5O2/c1-26-16-5-6-18(23)25-19(16)20(13(11-24)21(26)30)28-9-7-27(8-10-28)12-14-15(22)3-2-4-17(14)29/h2-6,29H,7-10,12H2,1H3. The first-order valence-corrected chi connectivity index (χ1v) is 10.2. The van der Waals surface area contributed by atoms with E-state index in [9.17, 15) is 15.2 Å². The number of anilines is 1. The van der Waals surface area contributed by atoms with Crippen LogP contribution in [0.2, 0.25) is 10.2 Å². The Kier molecular flexibility index (Phi) is 5.56. The van der Waals surface area contributed by atoms with Crippen LogP contribution in [0.15, 0.2) is 35.1 Å². The second kappa shape index (κ2) is 8.15. The Bertz CT molecular complexity index is 1210. The van der Waals surface area contributed by atoms with Crippen LogP contribution in [0.1, 0.15) is 11.1 Å². The number of nitriles is 1. The van der Waals surface area contributed by atoms with E-state index in [2.05, 4.69) is 16.0 Å². The van der Waals surface area contributed by atoms with E-state index in [4.69, 9.17) is 23.2 Å². The van der Waals surface area contributed by atoms with Crippen molar-refractivity contribution >= 4 is 39.9 Å². The number of nitrogens with zero attached hydrogens (tertiary/aromatic N) is 5. The number of hydrogen-bond donors (Lipinski definition) is 1. The van der Waals surface area contributed by atoms with Gasteiger partial charge in [0.25, 0.3) is 5.56 Å². The highest BCUT2D eigenvalue weighted by atomic mass is 35.5. The van der Waals surface area contributed by atoms with Gasteiger partial charge in [-0.3, -0.25) is 9.69 Å². The van der Waals surface area contributed by atoms with E-state index >= 15 is 0 Å². The number of piperazine rings is 1. The van der Waals surface area contributed by atoms with Crippen LogP contribution in [0.3, 0.4) is 0 Å². The molecular weight excluding hydrogens is 425 g/mol. The van der Waals surface area contributed by atoms with Crippen molar-refractivity contribution in [3.05, 3.63) is 62.0 Å². The molecule has 1 aromatic carbocycles. The highest BCUT2D eigenvalue weighted by Crippen LogP contribution is 2.30. The van der Waals surface area contributed by atoms with Gasteiger partial charge in [-0.1, -0.05) is 29.3 Å². The molecule has 0 aliphatic carbocycles. The Morgan fingerprint density at radius 3 is 2.57 bits per heavy atom. The zero-order valence-electron chi connectivity index (χ0n) is 16.3. The molecule has 0 unspecified atom stereocenters. The largest absolute Gasteiger partial charge is 0.508 e. The zero-order chi connectivity index (χ0) is 21.4. The van der Waals surface area contributed by atoms with E-state index in [1.807, 2.05) is 4.90 Å². The van der Waals surface area contributed by atoms with E-state index in [0.717, 1.165) is 0 Å². The predicted octanol–water partition coefficient (Wildman–Crippen LogP) is 3.14. The number of aromatic hydroxyl groups is 1. The van der Waals surface area contributed by atoms with Crippen molar-refractivity contribution in [2.75, 3.05) is 31.1 Å². The van der Waals surface area contributed by atoms with Crippen molar-refractivity contribution in [3.63, 3.8) is 0 Å². The van der Waals surface area contributed by atoms with E-state index in [-0.39, 0.29) is 16.9 Å². The van der Waals surface area contributed by atoms with E-state index < -0.39 is 0 Å². The number of benzene rings is 1. The van der Waals surface area contributed by atoms with Crippen molar-refractivity contribution in [1.29, 1.82) is 5.26 Å². The van der Waals surface area contributed by atoms with Gasteiger partial charge in [0.15, 0.2) is 0 Å². The van der Waals surface area contributed by atoms with Gasteiger partial charge < -0.3 is 14.6 Å². The molecule has 1 aliphatic rings. The maximum Gasteiger partial charge on any atom is 0.270 e. The van der Waals surface area contributed by atoms with Crippen LogP contribution >= 0.6 is 23.2 Å². The number of phenols is 1. The van der Waals surface area contributed by atoms with E-state index in [1.54, 1.807) is 37.4 Å². The van der Waals surface area contributed by atoms with Crippen molar-refractivity contribution in [2.45, 2.75) is 6.54 Å². The van der Waals surface area contributed by atoms with Crippen LogP contribution in [0.4, 0.5) is 5.69 Å². The smallest absolute Gasteiger partial charge is 0.270 e. The lowest BCUT2D eigenvalue weighted by atomic mass is 10.1. The third-order valence-corrected chi connectivity index (χ3v) is 6.02. The first kappa shape index (κ1) is 20.5. The molecule has 30 heavy (non-hydrogen) atoms. The van der Waals surface area contributed by atoms with Crippen molar-refractivity contribution in [3.8, 4) is 11.8 Å². The number of halogens is 2. The summed E-state index contributed by atoms with van der Waals surface area (Å²) in [6.07, 6.45) is 0. The second-order valence-corrected chi connectivity index (χ2v) is 8.00. The number of rotatable bonds is 3. The molecule has 0 saturated carbocycles. The molecule has 1 aliphatic heterocycles. The lowest BCUT2D eigenvalue weighted by Gasteiger charge is -2.37. The number of fused-ring (bicyclic) bond motifs is 1. The maximum atomic E-state index is 12.7. The average molecular weight is 444 g/mol. The quantitative estimate of drug-likeness (QED) is 0.625. The summed E-state index contributed by atoms with van der Waals surface area (Å²) in [4.78, 5) is 21.3. The Hall–Kier alpha value is -2.79. The summed E-state index contributed by atoms with van der Waals surface area (Å²) in [6, 6.07) is 10.5. The lowest BCUT2D eigenvalue weighted by molar-refractivity contribution is 0.247. The van der Waals surface area contributed by atoms with Gasteiger partial charge >= 0.3 is 0 Å². The summed E-state index contributed by atoms with van der Waals surface area (Å²) in [5, 5.41) is 20.6. The van der Waals surface area contributed by atoms with Gasteiger partial charge in [-0.2, -0.15) is 5.26 Å². The van der Waals surface area contributed by atoms with Crippen molar-refractivity contribution in [1.82, 2.24) is 14.5 Å². The normalized spacial score (nSPS) is 14.8. The van der Waals surface area contributed by atoms with Crippen LogP contribution < -0.4 is 10.5 Å². The molecule has 9 heteroatoms. The Morgan fingerprint density at radius 2 is 1.90 bits per heavy atom. The number of hydrogen-bond acceptors (Lipinski definition) is 6. The van der Waals surface area contributed by atoms with Crippen molar-refractivity contribution < 1.29 is 5.11 Å². The molecule has 0 spiro atoms. The predicted molar refractivity (Wildman–Crippen MR) is 117 cm³/mol. The minimum Gasteiger partial charge on any atom is -0.508 e. The molecule has 0 amide bonds. The summed E-state index contributed by atoms with van der Waals surface area (Å²) in [7, 11) is 1.62. The molecule has 1 saturated heterocycles. The second-order valence-electron chi connectivity index (χ2n) is 7.20. The van der Waals surface area contributed by atoms with Gasteiger partial charge in [0.1, 0.15) is 28.1 Å². The van der Waals surface area contributed by atoms with Crippen LogP contribution in [0.25, 0.3) is 11.0 Å². The number of aryl methyl sites for hydroxylation is 1. The Morgan fingerprint density at radius 1 is 1.17 bits per heavy atom. The summed E-state index contributed by atoms with van der Waals surface area (Å²) >= 11 is 12.4. The highest BCUT2D eigenvalue weighted by Gasteiger charge is 2.26. The molecular formula is C21H19Cl2N5O2. The molecule has 154 valence electrons. The average Bonchev–Trinajstić information content (AvgIpc) is 2.74. The fourth-order valence-electron chi connectivity index (χ4n) is 3.84. The van der Waals surface area contributed by atoms with E-state index in [1.165, 1.54) is 4.57 Å². The molecule has 0 bridgehead atoms. The summed E-state index contributed by atoms with van der Waals surface area (Å²) in [5.41, 5.74) is 2.10. The Labute approximate surface area is 183 Å². The van der Waals surface area contributed by atoms with Gasteiger partial charge in [-0.15, -0.1) is 0 Å². The van der Waals surface area contributed by atoms with Crippen LogP contribution in [-0.2, 0) is 13.6 Å². The maximum absolute atomic E-state index is 12.7. The monoisotopic (exact) mass is 443 g/mol. The first-order valence-electron chi connectivity index (χ1n) is 9.43. The highest BCUT2D eigenvalue weighted by molar-refractivity contribution is 6.31. The molecule has 3 heterocycles. The molecule has 7 nitrogen and oxygen atoms in total. The van der Waals surface area contributed by atoms with Crippen molar-refractivity contribution in [2.24, 2.45) is 7.05 Å². The molecule has 0 radical (unpaired) electrons.